The summed E-state index contributed by atoms with van der Waals surface area (Å²) < 4.78 is 0. The van der Waals surface area contributed by atoms with Gasteiger partial charge < -0.3 is 20.6 Å². The van der Waals surface area contributed by atoms with Crippen LogP contribution in [-0.2, 0) is 0 Å². The number of nitrogens with zero attached hydrogens (tertiary/aromatic N) is 1. The first-order valence-corrected chi connectivity index (χ1v) is 9.83. The average Bonchev–Trinajstić information content (AvgIpc) is 2.69. The van der Waals surface area contributed by atoms with E-state index in [4.69, 9.17) is 11.6 Å². The number of carbonyl (C=O) groups is 1. The number of nitrogens with one attached hydrogen (secondary N) is 2. The zero-order valence-electron chi connectivity index (χ0n) is 15.3. The molecule has 1 heterocycles. The lowest BCUT2D eigenvalue weighted by Crippen LogP contribution is -2.31. The summed E-state index contributed by atoms with van der Waals surface area (Å²) in [4.78, 5) is 14.4. The first-order chi connectivity index (χ1) is 13.1. The highest BCUT2D eigenvalue weighted by molar-refractivity contribution is 6.33. The van der Waals surface area contributed by atoms with E-state index in [9.17, 15) is 9.90 Å². The van der Waals surface area contributed by atoms with Gasteiger partial charge in [0.05, 0.1) is 16.8 Å². The van der Waals surface area contributed by atoms with Crippen molar-refractivity contribution in [2.24, 2.45) is 0 Å². The third kappa shape index (κ3) is 5.62. The lowest BCUT2D eigenvalue weighted by atomic mass is 10.1. The topological polar surface area (TPSA) is 64.6 Å². The predicted molar refractivity (Wildman–Crippen MR) is 111 cm³/mol. The maximum atomic E-state index is 12.1. The van der Waals surface area contributed by atoms with Crippen LogP contribution in [0.4, 0.5) is 16.2 Å². The van der Waals surface area contributed by atoms with Crippen molar-refractivity contribution in [2.45, 2.75) is 31.8 Å². The summed E-state index contributed by atoms with van der Waals surface area (Å²) in [6.45, 7) is 2.43. The van der Waals surface area contributed by atoms with Gasteiger partial charge in [-0.3, -0.25) is 0 Å². The molecule has 2 aromatic carbocycles. The minimum Gasteiger partial charge on any atom is -0.388 e. The van der Waals surface area contributed by atoms with Crippen LogP contribution in [0.25, 0.3) is 0 Å². The van der Waals surface area contributed by atoms with E-state index >= 15 is 0 Å². The van der Waals surface area contributed by atoms with E-state index in [0.717, 1.165) is 24.3 Å². The number of benzene rings is 2. The largest absolute Gasteiger partial charge is 0.388 e. The van der Waals surface area contributed by atoms with Gasteiger partial charge in [-0.1, -0.05) is 41.9 Å². The highest BCUT2D eigenvalue weighted by Gasteiger charge is 2.14. The zero-order chi connectivity index (χ0) is 19.1. The Morgan fingerprint density at radius 1 is 1.11 bits per heavy atom. The standard InChI is InChI=1S/C21H26ClN3O2/c22-18-15-17(9-10-19(18)25-13-5-2-6-14-25)24-21(27)23-12-11-20(26)16-7-3-1-4-8-16/h1,3-4,7-10,15,20,26H,2,5-6,11-14H2,(H2,23,24,27). The second kappa shape index (κ2) is 9.62. The van der Waals surface area contributed by atoms with E-state index in [1.54, 1.807) is 6.07 Å². The second-order valence-electron chi connectivity index (χ2n) is 6.81. The molecule has 0 aliphatic carbocycles. The quantitative estimate of drug-likeness (QED) is 0.680. The Kier molecular flexibility index (Phi) is 6.96. The van der Waals surface area contributed by atoms with Crippen molar-refractivity contribution >= 4 is 29.0 Å². The highest BCUT2D eigenvalue weighted by Crippen LogP contribution is 2.30. The van der Waals surface area contributed by atoms with Crippen LogP contribution in [0.1, 0.15) is 37.4 Å². The van der Waals surface area contributed by atoms with Gasteiger partial charge in [-0.2, -0.15) is 0 Å². The number of carbonyl (C=O) groups excluding carboxylic acids is 1. The van der Waals surface area contributed by atoms with Gasteiger partial charge in [-0.05, 0) is 49.4 Å². The summed E-state index contributed by atoms with van der Waals surface area (Å²) in [5, 5.41) is 16.3. The average molecular weight is 388 g/mol. The molecule has 1 fully saturated rings. The molecule has 1 aliphatic rings. The van der Waals surface area contributed by atoms with Gasteiger partial charge >= 0.3 is 6.03 Å². The number of piperidine rings is 1. The van der Waals surface area contributed by atoms with E-state index < -0.39 is 6.10 Å². The van der Waals surface area contributed by atoms with Crippen LogP contribution in [0, 0.1) is 0 Å². The number of amides is 2. The van der Waals surface area contributed by atoms with Gasteiger partial charge in [0.15, 0.2) is 0 Å². The molecule has 2 aromatic rings. The number of anilines is 2. The summed E-state index contributed by atoms with van der Waals surface area (Å²) in [5.74, 6) is 0. The first-order valence-electron chi connectivity index (χ1n) is 9.46. The van der Waals surface area contributed by atoms with Crippen molar-refractivity contribution in [3.05, 3.63) is 59.1 Å². The van der Waals surface area contributed by atoms with Crippen molar-refractivity contribution in [1.82, 2.24) is 5.32 Å². The van der Waals surface area contributed by atoms with Gasteiger partial charge in [0.25, 0.3) is 0 Å². The van der Waals surface area contributed by atoms with Gasteiger partial charge in [0.1, 0.15) is 0 Å². The highest BCUT2D eigenvalue weighted by atomic mass is 35.5. The third-order valence-electron chi connectivity index (χ3n) is 4.79. The summed E-state index contributed by atoms with van der Waals surface area (Å²) in [6, 6.07) is 14.7. The van der Waals surface area contributed by atoms with Crippen LogP contribution in [0.3, 0.4) is 0 Å². The molecule has 1 unspecified atom stereocenters. The van der Waals surface area contributed by atoms with Gasteiger partial charge in [-0.25, -0.2) is 4.79 Å². The fourth-order valence-electron chi connectivity index (χ4n) is 3.32. The summed E-state index contributed by atoms with van der Waals surface area (Å²) >= 11 is 6.41. The Morgan fingerprint density at radius 2 is 1.85 bits per heavy atom. The van der Waals surface area contributed by atoms with Crippen molar-refractivity contribution in [3.8, 4) is 0 Å². The molecule has 0 radical (unpaired) electrons. The fraction of sp³-hybridized carbons (Fsp3) is 0.381. The molecule has 27 heavy (non-hydrogen) atoms. The number of hydrogen-bond donors (Lipinski definition) is 3. The van der Waals surface area contributed by atoms with E-state index in [2.05, 4.69) is 15.5 Å². The Balaban J connectivity index is 1.47. The fourth-order valence-corrected chi connectivity index (χ4v) is 3.62. The second-order valence-corrected chi connectivity index (χ2v) is 7.22. The van der Waals surface area contributed by atoms with E-state index in [1.807, 2.05) is 42.5 Å². The van der Waals surface area contributed by atoms with Crippen molar-refractivity contribution in [1.29, 1.82) is 0 Å². The number of rotatable bonds is 6. The molecule has 3 N–H and O–H groups in total. The molecule has 3 rings (SSSR count). The van der Waals surface area contributed by atoms with Crippen molar-refractivity contribution in [2.75, 3.05) is 29.9 Å². The lowest BCUT2D eigenvalue weighted by Gasteiger charge is -2.29. The van der Waals surface area contributed by atoms with E-state index in [-0.39, 0.29) is 6.03 Å². The van der Waals surface area contributed by atoms with Crippen molar-refractivity contribution < 1.29 is 9.90 Å². The minimum absolute atomic E-state index is 0.308. The number of aliphatic hydroxyl groups is 1. The number of urea groups is 1. The Morgan fingerprint density at radius 3 is 2.56 bits per heavy atom. The number of halogens is 1. The maximum absolute atomic E-state index is 12.1. The Hall–Kier alpha value is -2.24. The molecule has 1 saturated heterocycles. The van der Waals surface area contributed by atoms with Gasteiger partial charge in [0, 0.05) is 25.3 Å². The van der Waals surface area contributed by atoms with Crippen LogP contribution >= 0.6 is 11.6 Å². The molecule has 0 saturated carbocycles. The number of hydrogen-bond acceptors (Lipinski definition) is 3. The summed E-state index contributed by atoms with van der Waals surface area (Å²) in [6.07, 6.45) is 3.50. The van der Waals surface area contributed by atoms with E-state index in [1.165, 1.54) is 19.3 Å². The smallest absolute Gasteiger partial charge is 0.319 e. The van der Waals surface area contributed by atoms with Crippen LogP contribution < -0.4 is 15.5 Å². The van der Waals surface area contributed by atoms with Crippen LogP contribution in [0.5, 0.6) is 0 Å². The van der Waals surface area contributed by atoms with Crippen molar-refractivity contribution in [3.63, 3.8) is 0 Å². The molecule has 6 heteroatoms. The van der Waals surface area contributed by atoms with E-state index in [0.29, 0.717) is 23.7 Å². The number of aliphatic hydroxyl groups excluding tert-OH is 1. The molecule has 2 amide bonds. The monoisotopic (exact) mass is 387 g/mol. The van der Waals surface area contributed by atoms with Gasteiger partial charge in [0.2, 0.25) is 0 Å². The summed E-state index contributed by atoms with van der Waals surface area (Å²) in [7, 11) is 0. The molecule has 1 atom stereocenters. The molecular formula is C21H26ClN3O2. The van der Waals surface area contributed by atoms with Crippen LogP contribution in [0.15, 0.2) is 48.5 Å². The van der Waals surface area contributed by atoms with Crippen LogP contribution in [-0.4, -0.2) is 30.8 Å². The maximum Gasteiger partial charge on any atom is 0.319 e. The zero-order valence-corrected chi connectivity index (χ0v) is 16.1. The molecule has 0 bridgehead atoms. The molecule has 5 nitrogen and oxygen atoms in total. The lowest BCUT2D eigenvalue weighted by molar-refractivity contribution is 0.167. The molecular weight excluding hydrogens is 362 g/mol. The first kappa shape index (κ1) is 19.5. The third-order valence-corrected chi connectivity index (χ3v) is 5.09. The molecule has 0 spiro atoms. The minimum atomic E-state index is -0.593. The Bertz CT molecular complexity index is 748. The molecule has 0 aromatic heterocycles. The summed E-state index contributed by atoms with van der Waals surface area (Å²) in [5.41, 5.74) is 2.52. The van der Waals surface area contributed by atoms with Gasteiger partial charge in [-0.15, -0.1) is 0 Å². The van der Waals surface area contributed by atoms with Crippen LogP contribution in [0.2, 0.25) is 5.02 Å². The normalized spacial score (nSPS) is 15.3. The predicted octanol–water partition coefficient (Wildman–Crippen LogP) is 4.58. The molecule has 1 aliphatic heterocycles. The Labute approximate surface area is 165 Å². The molecule has 144 valence electrons. The SMILES string of the molecule is O=C(NCCC(O)c1ccccc1)Nc1ccc(N2CCCCC2)c(Cl)c1.